The van der Waals surface area contributed by atoms with Crippen LogP contribution in [0, 0.1) is 18.6 Å². The van der Waals surface area contributed by atoms with E-state index in [1.807, 2.05) is 18.2 Å². The average Bonchev–Trinajstić information content (AvgIpc) is 2.69. The summed E-state index contributed by atoms with van der Waals surface area (Å²) in [5.74, 6) is -1.52. The number of aromatic nitrogens is 1. The third kappa shape index (κ3) is 4.70. The highest BCUT2D eigenvalue weighted by Gasteiger charge is 2.25. The second kappa shape index (κ2) is 9.39. The van der Waals surface area contributed by atoms with Crippen molar-refractivity contribution < 1.29 is 13.6 Å². The summed E-state index contributed by atoms with van der Waals surface area (Å²) < 4.78 is 27.6. The van der Waals surface area contributed by atoms with Crippen LogP contribution in [0.3, 0.4) is 0 Å². The van der Waals surface area contributed by atoms with Crippen molar-refractivity contribution in [3.63, 3.8) is 0 Å². The molecule has 4 nitrogen and oxygen atoms in total. The highest BCUT2D eigenvalue weighted by atomic mass is 35.5. The zero-order chi connectivity index (χ0) is 20.4. The van der Waals surface area contributed by atoms with Gasteiger partial charge in [0.25, 0.3) is 5.91 Å². The maximum absolute atomic E-state index is 13.8. The number of fused-ring (bicyclic) bond motifs is 1. The standard InChI is InChI=1S/C23H23F2N3O.ClH/c1-14-13-21(28-20-8-3-2-5-17(14)20)26-15-9-11-16(12-10-15)27-23(29)22-18(24)6-4-7-19(22)25;/h2-8,13,15-16H,9-12H2,1H3,(H,26,28)(H,27,29);1H. The Bertz CT molecular complexity index is 1030. The van der Waals surface area contributed by atoms with E-state index in [2.05, 4.69) is 29.7 Å². The Kier molecular flexibility index (Phi) is 6.87. The van der Waals surface area contributed by atoms with Crippen LogP contribution in [-0.4, -0.2) is 23.0 Å². The van der Waals surface area contributed by atoms with Gasteiger partial charge in [0.15, 0.2) is 0 Å². The van der Waals surface area contributed by atoms with E-state index in [1.165, 1.54) is 11.6 Å². The molecule has 1 heterocycles. The average molecular weight is 432 g/mol. The van der Waals surface area contributed by atoms with Crippen LogP contribution in [0.2, 0.25) is 0 Å². The predicted octanol–water partition coefficient (Wildman–Crippen LogP) is 5.40. The summed E-state index contributed by atoms with van der Waals surface area (Å²) in [6, 6.07) is 13.7. The Morgan fingerprint density at radius 2 is 1.60 bits per heavy atom. The SMILES string of the molecule is Cc1cc(NC2CCC(NC(=O)c3c(F)cccc3F)CC2)nc2ccccc12.Cl. The molecule has 158 valence electrons. The number of aryl methyl sites for hydroxylation is 1. The van der Waals surface area contributed by atoms with Crippen LogP contribution in [0.5, 0.6) is 0 Å². The monoisotopic (exact) mass is 431 g/mol. The summed E-state index contributed by atoms with van der Waals surface area (Å²) in [6.45, 7) is 2.07. The highest BCUT2D eigenvalue weighted by Crippen LogP contribution is 2.25. The molecule has 3 aromatic rings. The number of nitrogens with one attached hydrogen (secondary N) is 2. The second-order valence-corrected chi connectivity index (χ2v) is 7.60. The minimum Gasteiger partial charge on any atom is -0.367 e. The molecule has 1 aliphatic rings. The van der Waals surface area contributed by atoms with Gasteiger partial charge in [-0.25, -0.2) is 13.8 Å². The van der Waals surface area contributed by atoms with E-state index in [4.69, 9.17) is 4.98 Å². The summed E-state index contributed by atoms with van der Waals surface area (Å²) in [5.41, 5.74) is 1.62. The van der Waals surface area contributed by atoms with Crippen LogP contribution in [0.25, 0.3) is 10.9 Å². The maximum Gasteiger partial charge on any atom is 0.257 e. The molecule has 0 radical (unpaired) electrons. The molecule has 7 heteroatoms. The maximum atomic E-state index is 13.8. The van der Waals surface area contributed by atoms with Crippen molar-refractivity contribution in [2.75, 3.05) is 5.32 Å². The number of hydrogen-bond donors (Lipinski definition) is 2. The molecule has 1 aliphatic carbocycles. The number of hydrogen-bond acceptors (Lipinski definition) is 3. The molecule has 2 aromatic carbocycles. The molecule has 0 atom stereocenters. The van der Waals surface area contributed by atoms with Gasteiger partial charge in [-0.05, 0) is 62.4 Å². The zero-order valence-electron chi connectivity index (χ0n) is 16.6. The van der Waals surface area contributed by atoms with E-state index in [1.54, 1.807) is 0 Å². The number of carbonyl (C=O) groups excluding carboxylic acids is 1. The number of rotatable bonds is 4. The van der Waals surface area contributed by atoms with E-state index in [0.29, 0.717) is 0 Å². The van der Waals surface area contributed by atoms with Gasteiger partial charge in [0, 0.05) is 17.5 Å². The Balaban J connectivity index is 0.00000256. The van der Waals surface area contributed by atoms with Gasteiger partial charge in [0.1, 0.15) is 23.0 Å². The lowest BCUT2D eigenvalue weighted by molar-refractivity contribution is 0.0918. The van der Waals surface area contributed by atoms with Gasteiger partial charge in [0.05, 0.1) is 5.52 Å². The van der Waals surface area contributed by atoms with Crippen LogP contribution < -0.4 is 10.6 Å². The molecule has 30 heavy (non-hydrogen) atoms. The largest absolute Gasteiger partial charge is 0.367 e. The normalized spacial score (nSPS) is 18.5. The van der Waals surface area contributed by atoms with Crippen LogP contribution in [0.4, 0.5) is 14.6 Å². The second-order valence-electron chi connectivity index (χ2n) is 7.60. The molecule has 1 saturated carbocycles. The molecule has 0 bridgehead atoms. The lowest BCUT2D eigenvalue weighted by atomic mass is 9.91. The van der Waals surface area contributed by atoms with E-state index >= 15 is 0 Å². The lowest BCUT2D eigenvalue weighted by Gasteiger charge is -2.30. The molecule has 0 aliphatic heterocycles. The Morgan fingerprint density at radius 1 is 0.967 bits per heavy atom. The predicted molar refractivity (Wildman–Crippen MR) is 117 cm³/mol. The van der Waals surface area contributed by atoms with Gasteiger partial charge in [0.2, 0.25) is 0 Å². The number of pyridine rings is 1. The molecular weight excluding hydrogens is 408 g/mol. The number of halogens is 3. The molecule has 1 amide bonds. The number of anilines is 1. The van der Waals surface area contributed by atoms with Crippen molar-refractivity contribution in [1.82, 2.24) is 10.3 Å². The molecule has 0 spiro atoms. The number of amides is 1. The quantitative estimate of drug-likeness (QED) is 0.581. The van der Waals surface area contributed by atoms with E-state index in [0.717, 1.165) is 54.5 Å². The fraction of sp³-hybridized carbons (Fsp3) is 0.304. The van der Waals surface area contributed by atoms with Crippen molar-refractivity contribution in [2.24, 2.45) is 0 Å². The molecule has 1 aromatic heterocycles. The van der Waals surface area contributed by atoms with Crippen molar-refractivity contribution >= 4 is 35.0 Å². The van der Waals surface area contributed by atoms with Gasteiger partial charge in [-0.1, -0.05) is 24.3 Å². The number of carbonyl (C=O) groups is 1. The number of nitrogens with zero attached hydrogens (tertiary/aromatic N) is 1. The molecule has 2 N–H and O–H groups in total. The zero-order valence-corrected chi connectivity index (χ0v) is 17.4. The first-order chi connectivity index (χ1) is 14.0. The van der Waals surface area contributed by atoms with Gasteiger partial charge in [-0.3, -0.25) is 4.79 Å². The highest BCUT2D eigenvalue weighted by molar-refractivity contribution is 5.95. The van der Waals surface area contributed by atoms with Crippen LogP contribution >= 0.6 is 12.4 Å². The number of benzene rings is 2. The first kappa shape index (κ1) is 22.0. The lowest BCUT2D eigenvalue weighted by Crippen LogP contribution is -2.40. The van der Waals surface area contributed by atoms with Gasteiger partial charge < -0.3 is 10.6 Å². The fourth-order valence-corrected chi connectivity index (χ4v) is 3.99. The van der Waals surface area contributed by atoms with E-state index < -0.39 is 23.1 Å². The van der Waals surface area contributed by atoms with Gasteiger partial charge in [-0.15, -0.1) is 12.4 Å². The van der Waals surface area contributed by atoms with E-state index in [-0.39, 0.29) is 24.5 Å². The minimum absolute atomic E-state index is 0. The fourth-order valence-electron chi connectivity index (χ4n) is 3.99. The topological polar surface area (TPSA) is 54.0 Å². The van der Waals surface area contributed by atoms with Crippen LogP contribution in [-0.2, 0) is 0 Å². The summed E-state index contributed by atoms with van der Waals surface area (Å²) in [6.07, 6.45) is 3.18. The summed E-state index contributed by atoms with van der Waals surface area (Å²) in [4.78, 5) is 17.0. The first-order valence-corrected chi connectivity index (χ1v) is 9.89. The molecule has 1 fully saturated rings. The Hall–Kier alpha value is -2.73. The molecule has 4 rings (SSSR count). The third-order valence-corrected chi connectivity index (χ3v) is 5.53. The van der Waals surface area contributed by atoms with Crippen LogP contribution in [0.1, 0.15) is 41.6 Å². The van der Waals surface area contributed by atoms with Crippen LogP contribution in [0.15, 0.2) is 48.5 Å². The first-order valence-electron chi connectivity index (χ1n) is 9.89. The summed E-state index contributed by atoms with van der Waals surface area (Å²) in [5, 5.41) is 7.41. The van der Waals surface area contributed by atoms with Crippen molar-refractivity contribution in [3.8, 4) is 0 Å². The smallest absolute Gasteiger partial charge is 0.257 e. The third-order valence-electron chi connectivity index (χ3n) is 5.53. The van der Waals surface area contributed by atoms with Crippen molar-refractivity contribution in [2.45, 2.75) is 44.7 Å². The summed E-state index contributed by atoms with van der Waals surface area (Å²) in [7, 11) is 0. The number of para-hydroxylation sites is 1. The van der Waals surface area contributed by atoms with E-state index in [9.17, 15) is 13.6 Å². The van der Waals surface area contributed by atoms with Gasteiger partial charge >= 0.3 is 0 Å². The molecule has 0 unspecified atom stereocenters. The Labute approximate surface area is 180 Å². The van der Waals surface area contributed by atoms with Crippen molar-refractivity contribution in [3.05, 3.63) is 71.3 Å². The summed E-state index contributed by atoms with van der Waals surface area (Å²) >= 11 is 0. The van der Waals surface area contributed by atoms with Crippen molar-refractivity contribution in [1.29, 1.82) is 0 Å². The molecular formula is C23H24ClF2N3O. The minimum atomic E-state index is -0.837. The molecule has 0 saturated heterocycles. The van der Waals surface area contributed by atoms with Gasteiger partial charge in [-0.2, -0.15) is 0 Å². The Morgan fingerprint density at radius 3 is 2.30 bits per heavy atom.